The number of rotatable bonds is 3. The van der Waals surface area contributed by atoms with Crippen molar-refractivity contribution in [2.75, 3.05) is 0 Å². The molecular weight excluding hydrogens is 472 g/mol. The van der Waals surface area contributed by atoms with Gasteiger partial charge in [0.1, 0.15) is 22.8 Å². The number of nitrogens with zero attached hydrogens (tertiary/aromatic N) is 4. The lowest BCUT2D eigenvalue weighted by atomic mass is 9.95. The lowest BCUT2D eigenvalue weighted by Crippen LogP contribution is -1.99. The van der Waals surface area contributed by atoms with Crippen LogP contribution in [0.25, 0.3) is 38.7 Å². The molecule has 38 heavy (non-hydrogen) atoms. The van der Waals surface area contributed by atoms with E-state index in [1.807, 2.05) is 45.2 Å². The highest BCUT2D eigenvalue weighted by molar-refractivity contribution is 6.09. The summed E-state index contributed by atoms with van der Waals surface area (Å²) in [5.41, 5.74) is 10.9. The molecule has 190 valence electrons. The van der Waals surface area contributed by atoms with Gasteiger partial charge in [-0.3, -0.25) is 9.55 Å². The molecule has 0 aliphatic rings. The van der Waals surface area contributed by atoms with Crippen molar-refractivity contribution in [2.45, 2.75) is 48.5 Å². The van der Waals surface area contributed by atoms with Crippen LogP contribution in [0, 0.1) is 48.5 Å². The van der Waals surface area contributed by atoms with Crippen LogP contribution in [0.5, 0.6) is 17.4 Å². The van der Waals surface area contributed by atoms with Crippen LogP contribution in [0.3, 0.4) is 0 Å². The van der Waals surface area contributed by atoms with Crippen molar-refractivity contribution in [3.63, 3.8) is 0 Å². The second-order valence-corrected chi connectivity index (χ2v) is 10.4. The van der Waals surface area contributed by atoms with E-state index in [0.717, 1.165) is 61.0 Å². The van der Waals surface area contributed by atoms with E-state index in [9.17, 15) is 5.11 Å². The van der Waals surface area contributed by atoms with Crippen LogP contribution >= 0.6 is 0 Å². The quantitative estimate of drug-likeness (QED) is 0.267. The van der Waals surface area contributed by atoms with E-state index in [0.29, 0.717) is 17.1 Å². The smallest absolute Gasteiger partial charge is 0.220 e. The average Bonchev–Trinajstić information content (AvgIpc) is 3.19. The minimum Gasteiger partial charge on any atom is -0.505 e. The Bertz CT molecular complexity index is 1940. The molecule has 0 aliphatic heterocycles. The molecule has 0 aliphatic carbocycles. The van der Waals surface area contributed by atoms with E-state index >= 15 is 0 Å². The SMILES string of the molecule is Cc1ccnc(-n2c3cc(Oc4cc(C)c5c(C)c(C)c(C)c(O)c5n4)cnc3c3c(C)cc(C)cc32)c1. The van der Waals surface area contributed by atoms with Gasteiger partial charge in [-0.05, 0) is 106 Å². The fourth-order valence-corrected chi connectivity index (χ4v) is 5.59. The minimum absolute atomic E-state index is 0.196. The zero-order valence-corrected chi connectivity index (χ0v) is 22.8. The maximum atomic E-state index is 10.9. The van der Waals surface area contributed by atoms with E-state index in [1.165, 1.54) is 11.1 Å². The van der Waals surface area contributed by atoms with Crippen LogP contribution in [0.1, 0.15) is 38.9 Å². The first-order valence-electron chi connectivity index (χ1n) is 12.8. The number of hydrogen-bond acceptors (Lipinski definition) is 5. The second kappa shape index (κ2) is 8.55. The van der Waals surface area contributed by atoms with Crippen LogP contribution in [0.2, 0.25) is 0 Å². The number of fused-ring (bicyclic) bond motifs is 4. The maximum absolute atomic E-state index is 10.9. The van der Waals surface area contributed by atoms with Gasteiger partial charge in [0.05, 0.1) is 22.7 Å². The fraction of sp³-hybridized carbons (Fsp3) is 0.219. The van der Waals surface area contributed by atoms with Gasteiger partial charge >= 0.3 is 0 Å². The van der Waals surface area contributed by atoms with Gasteiger partial charge in [-0.1, -0.05) is 6.07 Å². The Hall–Kier alpha value is -4.45. The normalized spacial score (nSPS) is 11.7. The monoisotopic (exact) mass is 502 g/mol. The number of hydrogen-bond donors (Lipinski definition) is 1. The molecule has 0 saturated heterocycles. The molecule has 0 amide bonds. The lowest BCUT2D eigenvalue weighted by molar-refractivity contribution is 0.457. The van der Waals surface area contributed by atoms with Crippen molar-refractivity contribution in [2.24, 2.45) is 0 Å². The Balaban J connectivity index is 1.56. The van der Waals surface area contributed by atoms with Crippen LogP contribution in [0.4, 0.5) is 0 Å². The van der Waals surface area contributed by atoms with Crippen molar-refractivity contribution in [3.8, 4) is 23.2 Å². The molecule has 0 radical (unpaired) electrons. The predicted octanol–water partition coefficient (Wildman–Crippen LogP) is 7.78. The van der Waals surface area contributed by atoms with Gasteiger partial charge in [0, 0.05) is 29.1 Å². The molecule has 0 saturated carbocycles. The zero-order valence-electron chi connectivity index (χ0n) is 22.8. The Morgan fingerprint density at radius 2 is 1.47 bits per heavy atom. The summed E-state index contributed by atoms with van der Waals surface area (Å²) in [5, 5.41) is 13.0. The van der Waals surface area contributed by atoms with Gasteiger partial charge in [0.15, 0.2) is 0 Å². The lowest BCUT2D eigenvalue weighted by Gasteiger charge is -2.15. The van der Waals surface area contributed by atoms with E-state index in [-0.39, 0.29) is 5.75 Å². The molecule has 6 rings (SSSR count). The molecule has 0 spiro atoms. The van der Waals surface area contributed by atoms with Crippen molar-refractivity contribution in [1.29, 1.82) is 0 Å². The summed E-state index contributed by atoms with van der Waals surface area (Å²) in [7, 11) is 0. The molecule has 1 N–H and O–H groups in total. The molecule has 6 nitrogen and oxygen atoms in total. The van der Waals surface area contributed by atoms with E-state index in [4.69, 9.17) is 14.7 Å². The molecule has 6 aromatic rings. The third-order valence-electron chi connectivity index (χ3n) is 7.65. The summed E-state index contributed by atoms with van der Waals surface area (Å²) < 4.78 is 8.44. The summed E-state index contributed by atoms with van der Waals surface area (Å²) in [6.45, 7) is 14.3. The van der Waals surface area contributed by atoms with Crippen LogP contribution < -0.4 is 4.74 Å². The van der Waals surface area contributed by atoms with Gasteiger partial charge in [-0.15, -0.1) is 0 Å². The Morgan fingerprint density at radius 1 is 0.711 bits per heavy atom. The zero-order chi connectivity index (χ0) is 26.9. The van der Waals surface area contributed by atoms with Crippen LogP contribution in [0.15, 0.2) is 48.8 Å². The Morgan fingerprint density at radius 3 is 2.24 bits per heavy atom. The molecule has 2 aromatic carbocycles. The third-order valence-corrected chi connectivity index (χ3v) is 7.65. The topological polar surface area (TPSA) is 73.1 Å². The first-order valence-corrected chi connectivity index (χ1v) is 12.8. The Labute approximate surface area is 221 Å². The summed E-state index contributed by atoms with van der Waals surface area (Å²) in [6.07, 6.45) is 3.57. The molecule has 0 fully saturated rings. The van der Waals surface area contributed by atoms with E-state index in [1.54, 1.807) is 6.20 Å². The number of pyridine rings is 3. The van der Waals surface area contributed by atoms with Crippen LogP contribution in [-0.4, -0.2) is 24.6 Å². The largest absolute Gasteiger partial charge is 0.505 e. The summed E-state index contributed by atoms with van der Waals surface area (Å²) in [4.78, 5) is 14.3. The minimum atomic E-state index is 0.196. The molecule has 4 heterocycles. The summed E-state index contributed by atoms with van der Waals surface area (Å²) >= 11 is 0. The standard InChI is InChI=1S/C32H30N4O2/c1-16-8-9-33-26(12-16)36-24-11-17(2)10-18(3)29(24)30-25(36)14-23(15-34-30)38-27-13-19(4)28-21(6)20(5)22(7)32(37)31(28)35-27/h8-15,37H,1-7H3. The highest BCUT2D eigenvalue weighted by atomic mass is 16.5. The highest BCUT2D eigenvalue weighted by Gasteiger charge is 2.19. The van der Waals surface area contributed by atoms with Gasteiger partial charge in [0.2, 0.25) is 5.88 Å². The third kappa shape index (κ3) is 3.59. The van der Waals surface area contributed by atoms with E-state index in [2.05, 4.69) is 55.4 Å². The summed E-state index contributed by atoms with van der Waals surface area (Å²) in [6, 6.07) is 12.3. The van der Waals surface area contributed by atoms with Crippen molar-refractivity contribution in [3.05, 3.63) is 87.7 Å². The molecule has 6 heteroatoms. The van der Waals surface area contributed by atoms with Crippen LogP contribution in [-0.2, 0) is 0 Å². The molecular formula is C32H30N4O2. The number of aryl methyl sites for hydroxylation is 5. The number of aromatic hydroxyl groups is 1. The second-order valence-electron chi connectivity index (χ2n) is 10.4. The van der Waals surface area contributed by atoms with Gasteiger partial charge in [-0.2, -0.15) is 0 Å². The maximum Gasteiger partial charge on any atom is 0.220 e. The number of phenols is 1. The molecule has 0 bridgehead atoms. The van der Waals surface area contributed by atoms with Gasteiger partial charge < -0.3 is 9.84 Å². The first-order chi connectivity index (χ1) is 18.1. The van der Waals surface area contributed by atoms with Crippen molar-refractivity contribution in [1.82, 2.24) is 19.5 Å². The predicted molar refractivity (Wildman–Crippen MR) is 153 cm³/mol. The molecule has 4 aromatic heterocycles. The summed E-state index contributed by atoms with van der Waals surface area (Å²) in [5.74, 6) is 2.01. The van der Waals surface area contributed by atoms with Gasteiger partial charge in [0.25, 0.3) is 0 Å². The number of ether oxygens (including phenoxy) is 1. The molecule has 0 unspecified atom stereocenters. The molecule has 0 atom stereocenters. The highest BCUT2D eigenvalue weighted by Crippen LogP contribution is 2.38. The first kappa shape index (κ1) is 23.9. The number of benzene rings is 2. The van der Waals surface area contributed by atoms with Crippen molar-refractivity contribution >= 4 is 32.8 Å². The number of aromatic nitrogens is 4. The van der Waals surface area contributed by atoms with Crippen molar-refractivity contribution < 1.29 is 9.84 Å². The van der Waals surface area contributed by atoms with E-state index < -0.39 is 0 Å². The number of phenolic OH excluding ortho intramolecular Hbond substituents is 1. The average molecular weight is 503 g/mol. The van der Waals surface area contributed by atoms with Gasteiger partial charge in [-0.25, -0.2) is 9.97 Å². The fourth-order valence-electron chi connectivity index (χ4n) is 5.59. The Kier molecular flexibility index (Phi) is 5.38.